The first-order chi connectivity index (χ1) is 11.2. The molecule has 4 heteroatoms. The van der Waals surface area contributed by atoms with Crippen molar-refractivity contribution in [2.24, 2.45) is 10.9 Å². The predicted octanol–water partition coefficient (Wildman–Crippen LogP) is 5.51. The van der Waals surface area contributed by atoms with Gasteiger partial charge < -0.3 is 10.5 Å². The van der Waals surface area contributed by atoms with Crippen LogP contribution < -0.4 is 10.5 Å². The second-order valence-electron chi connectivity index (χ2n) is 4.86. The van der Waals surface area contributed by atoms with Crippen molar-refractivity contribution < 1.29 is 4.74 Å². The molecule has 1 aromatic rings. The highest BCUT2D eigenvalue weighted by Crippen LogP contribution is 2.38. The molecule has 0 aromatic heterocycles. The number of hydrogen-bond donors (Lipinski definition) is 1. The van der Waals surface area contributed by atoms with E-state index in [1.807, 2.05) is 58.9 Å². The highest BCUT2D eigenvalue weighted by atomic mass is 16.5. The van der Waals surface area contributed by atoms with Crippen LogP contribution in [0, 0.1) is 4.91 Å². The van der Waals surface area contributed by atoms with Gasteiger partial charge in [-0.05, 0) is 30.5 Å². The number of nitrogens with two attached hydrogens (primary N) is 1. The fraction of sp³-hybridized carbons (Fsp3) is 0.684. The summed E-state index contributed by atoms with van der Waals surface area (Å²) in [5, 5.41) is 3.46. The first kappa shape index (κ1) is 23.8. The lowest BCUT2D eigenvalue weighted by Crippen LogP contribution is -2.37. The number of methoxy groups -OCH3 is 1. The zero-order chi connectivity index (χ0) is 18.3. The van der Waals surface area contributed by atoms with Crippen LogP contribution in [0.5, 0.6) is 5.75 Å². The molecule has 2 atom stereocenters. The van der Waals surface area contributed by atoms with Crippen molar-refractivity contribution in [3.05, 3.63) is 34.7 Å². The van der Waals surface area contributed by atoms with Crippen LogP contribution in [-0.2, 0) is 0 Å². The Morgan fingerprint density at radius 2 is 1.65 bits per heavy atom. The number of rotatable bonds is 8. The Kier molecular flexibility index (Phi) is 14.7. The summed E-state index contributed by atoms with van der Waals surface area (Å²) in [4.78, 5) is 11.4. The van der Waals surface area contributed by atoms with Gasteiger partial charge in [0.15, 0.2) is 0 Å². The molecule has 23 heavy (non-hydrogen) atoms. The number of nitrogens with zero attached hydrogens (tertiary/aromatic N) is 1. The monoisotopic (exact) mass is 324 g/mol. The van der Waals surface area contributed by atoms with Crippen LogP contribution in [0.25, 0.3) is 0 Å². The number of hydrogen-bond acceptors (Lipinski definition) is 4. The topological polar surface area (TPSA) is 64.7 Å². The molecular formula is C19H36N2O2. The zero-order valence-electron chi connectivity index (χ0n) is 16.1. The molecule has 0 fully saturated rings. The summed E-state index contributed by atoms with van der Waals surface area (Å²) in [6.07, 6.45) is 2.39. The fourth-order valence-corrected chi connectivity index (χ4v) is 2.71. The van der Waals surface area contributed by atoms with Crippen molar-refractivity contribution in [1.82, 2.24) is 0 Å². The average Bonchev–Trinajstić information content (AvgIpc) is 2.65. The van der Waals surface area contributed by atoms with E-state index in [0.29, 0.717) is 13.0 Å². The molecule has 2 unspecified atom stereocenters. The van der Waals surface area contributed by atoms with E-state index in [1.165, 1.54) is 0 Å². The molecule has 0 aliphatic carbocycles. The number of benzene rings is 1. The summed E-state index contributed by atoms with van der Waals surface area (Å²) in [6.45, 7) is 12.5. The Labute approximate surface area is 142 Å². The summed E-state index contributed by atoms with van der Waals surface area (Å²) in [6, 6.07) is 7.74. The third-order valence-corrected chi connectivity index (χ3v) is 3.88. The highest BCUT2D eigenvalue weighted by molar-refractivity contribution is 5.32. The standard InChI is InChI=1S/C15H24N2O2.2C2H6/c1-4-10-15(5-2,17-18)14(11-16)12-6-8-13(19-3)9-7-12;2*1-2/h6-9,14H,4-5,10-11,16H2,1-3H3;2*1-2H3. The minimum atomic E-state index is -0.599. The average molecular weight is 325 g/mol. The first-order valence-corrected chi connectivity index (χ1v) is 8.86. The predicted molar refractivity (Wildman–Crippen MR) is 101 cm³/mol. The zero-order valence-corrected chi connectivity index (χ0v) is 16.1. The third kappa shape index (κ3) is 6.69. The van der Waals surface area contributed by atoms with Crippen LogP contribution >= 0.6 is 0 Å². The number of ether oxygens (including phenoxy) is 1. The van der Waals surface area contributed by atoms with E-state index in [4.69, 9.17) is 10.5 Å². The summed E-state index contributed by atoms with van der Waals surface area (Å²) in [5.41, 5.74) is 6.37. The maximum absolute atomic E-state index is 11.4. The Bertz CT molecular complexity index is 393. The van der Waals surface area contributed by atoms with Crippen LogP contribution in [0.2, 0.25) is 0 Å². The largest absolute Gasteiger partial charge is 0.497 e. The van der Waals surface area contributed by atoms with E-state index in [-0.39, 0.29) is 5.92 Å². The Hall–Kier alpha value is -1.42. The van der Waals surface area contributed by atoms with Crippen molar-refractivity contribution >= 4 is 0 Å². The number of nitroso groups, excluding NO2 is 1. The molecule has 1 rings (SSSR count). The first-order valence-electron chi connectivity index (χ1n) is 8.86. The van der Waals surface area contributed by atoms with Gasteiger partial charge in [-0.25, -0.2) is 0 Å². The quantitative estimate of drug-likeness (QED) is 0.642. The summed E-state index contributed by atoms with van der Waals surface area (Å²) >= 11 is 0. The van der Waals surface area contributed by atoms with Gasteiger partial charge in [-0.15, -0.1) is 0 Å². The molecule has 0 amide bonds. The van der Waals surface area contributed by atoms with Gasteiger partial charge in [0.2, 0.25) is 0 Å². The lowest BCUT2D eigenvalue weighted by Gasteiger charge is -2.33. The molecule has 0 bridgehead atoms. The molecular weight excluding hydrogens is 288 g/mol. The van der Waals surface area contributed by atoms with Crippen molar-refractivity contribution in [2.45, 2.75) is 72.3 Å². The maximum atomic E-state index is 11.4. The minimum absolute atomic E-state index is 0.0409. The molecule has 0 saturated carbocycles. The van der Waals surface area contributed by atoms with Crippen LogP contribution in [0.4, 0.5) is 0 Å². The Balaban J connectivity index is 0. The summed E-state index contributed by atoms with van der Waals surface area (Å²) < 4.78 is 5.15. The van der Waals surface area contributed by atoms with Crippen LogP contribution in [-0.4, -0.2) is 19.2 Å². The molecule has 0 spiro atoms. The van der Waals surface area contributed by atoms with Gasteiger partial charge >= 0.3 is 0 Å². The third-order valence-electron chi connectivity index (χ3n) is 3.88. The molecule has 0 aliphatic rings. The van der Waals surface area contributed by atoms with Crippen LogP contribution in [0.3, 0.4) is 0 Å². The molecule has 0 saturated heterocycles. The Morgan fingerprint density at radius 1 is 1.13 bits per heavy atom. The van der Waals surface area contributed by atoms with Crippen LogP contribution in [0.15, 0.2) is 29.4 Å². The van der Waals surface area contributed by atoms with Crippen molar-refractivity contribution in [3.63, 3.8) is 0 Å². The molecule has 0 heterocycles. The van der Waals surface area contributed by atoms with Crippen molar-refractivity contribution in [1.29, 1.82) is 0 Å². The highest BCUT2D eigenvalue weighted by Gasteiger charge is 2.38. The van der Waals surface area contributed by atoms with E-state index in [2.05, 4.69) is 12.1 Å². The molecule has 0 aliphatic heterocycles. The molecule has 0 radical (unpaired) electrons. The molecule has 4 nitrogen and oxygen atoms in total. The van der Waals surface area contributed by atoms with Crippen molar-refractivity contribution in [3.8, 4) is 5.75 Å². The maximum Gasteiger partial charge on any atom is 0.118 e. The van der Waals surface area contributed by atoms with Crippen molar-refractivity contribution in [2.75, 3.05) is 13.7 Å². The van der Waals surface area contributed by atoms with Gasteiger partial charge in [-0.3, -0.25) is 0 Å². The minimum Gasteiger partial charge on any atom is -0.497 e. The molecule has 2 N–H and O–H groups in total. The van der Waals surface area contributed by atoms with Gasteiger partial charge in [0.25, 0.3) is 0 Å². The lowest BCUT2D eigenvalue weighted by molar-refractivity contribution is 0.309. The smallest absolute Gasteiger partial charge is 0.118 e. The summed E-state index contributed by atoms with van der Waals surface area (Å²) in [7, 11) is 1.63. The van der Waals surface area contributed by atoms with Gasteiger partial charge in [0, 0.05) is 12.5 Å². The SMILES string of the molecule is CC.CC.CCCC(CC)(N=O)C(CN)c1ccc(OC)cc1. The second-order valence-corrected chi connectivity index (χ2v) is 4.86. The fourth-order valence-electron chi connectivity index (χ4n) is 2.71. The summed E-state index contributed by atoms with van der Waals surface area (Å²) in [5.74, 6) is 0.761. The van der Waals surface area contributed by atoms with Gasteiger partial charge in [-0.2, -0.15) is 4.91 Å². The lowest BCUT2D eigenvalue weighted by atomic mass is 9.75. The van der Waals surface area contributed by atoms with E-state index in [9.17, 15) is 4.91 Å². The molecule has 134 valence electrons. The van der Waals surface area contributed by atoms with E-state index in [1.54, 1.807) is 7.11 Å². The second kappa shape index (κ2) is 14.2. The van der Waals surface area contributed by atoms with Gasteiger partial charge in [0.05, 0.1) is 7.11 Å². The van der Waals surface area contributed by atoms with Gasteiger partial charge in [-0.1, -0.05) is 65.3 Å². The van der Waals surface area contributed by atoms with Gasteiger partial charge in [0.1, 0.15) is 11.3 Å². The van der Waals surface area contributed by atoms with E-state index >= 15 is 0 Å². The Morgan fingerprint density at radius 3 is 1.96 bits per heavy atom. The van der Waals surface area contributed by atoms with E-state index in [0.717, 1.165) is 24.2 Å². The normalized spacial score (nSPS) is 13.4. The van der Waals surface area contributed by atoms with E-state index < -0.39 is 5.54 Å². The van der Waals surface area contributed by atoms with Crippen LogP contribution in [0.1, 0.15) is 72.3 Å². The molecule has 1 aromatic carbocycles.